The predicted octanol–water partition coefficient (Wildman–Crippen LogP) is 2.28. The maximum atomic E-state index is 11.4. The summed E-state index contributed by atoms with van der Waals surface area (Å²) in [6, 6.07) is 0. The SMILES string of the molecule is O=S(=O)(O[O-])C1CCCCCCCCCCC1. The van der Waals surface area contributed by atoms with Crippen LogP contribution in [-0.2, 0) is 14.5 Å². The summed E-state index contributed by atoms with van der Waals surface area (Å²) in [5.41, 5.74) is 0. The summed E-state index contributed by atoms with van der Waals surface area (Å²) in [6.45, 7) is 0. The molecular formula is C12H23O4S-. The van der Waals surface area contributed by atoms with Gasteiger partial charge in [0.15, 0.2) is 0 Å². The first-order valence-electron chi connectivity index (χ1n) is 6.72. The highest BCUT2D eigenvalue weighted by Gasteiger charge is 2.22. The van der Waals surface area contributed by atoms with Crippen molar-refractivity contribution in [1.29, 1.82) is 0 Å². The lowest BCUT2D eigenvalue weighted by atomic mass is 10.0. The van der Waals surface area contributed by atoms with Gasteiger partial charge in [0.2, 0.25) is 0 Å². The lowest BCUT2D eigenvalue weighted by Crippen LogP contribution is -2.28. The Bertz CT molecular complexity index is 275. The van der Waals surface area contributed by atoms with E-state index < -0.39 is 15.4 Å². The fourth-order valence-corrected chi connectivity index (χ4v) is 3.49. The van der Waals surface area contributed by atoms with Crippen LogP contribution in [0.25, 0.3) is 0 Å². The maximum Gasteiger partial charge on any atom is 0.261 e. The van der Waals surface area contributed by atoms with Gasteiger partial charge in [-0.3, -0.25) is 0 Å². The van der Waals surface area contributed by atoms with Crippen LogP contribution in [0, 0.1) is 0 Å². The zero-order valence-corrected chi connectivity index (χ0v) is 11.2. The van der Waals surface area contributed by atoms with Crippen molar-refractivity contribution in [3.63, 3.8) is 0 Å². The van der Waals surface area contributed by atoms with Crippen molar-refractivity contribution in [1.82, 2.24) is 0 Å². The third-order valence-electron chi connectivity index (χ3n) is 3.56. The summed E-state index contributed by atoms with van der Waals surface area (Å²) in [7, 11) is -3.87. The second-order valence-corrected chi connectivity index (χ2v) is 6.73. The highest BCUT2D eigenvalue weighted by molar-refractivity contribution is 7.87. The molecule has 1 aliphatic rings. The third kappa shape index (κ3) is 5.84. The molecule has 102 valence electrons. The quantitative estimate of drug-likeness (QED) is 0.566. The molecule has 0 N–H and O–H groups in total. The van der Waals surface area contributed by atoms with Gasteiger partial charge >= 0.3 is 0 Å². The summed E-state index contributed by atoms with van der Waals surface area (Å²) in [5, 5.41) is 9.65. The van der Waals surface area contributed by atoms with E-state index in [-0.39, 0.29) is 0 Å². The second-order valence-electron chi connectivity index (χ2n) is 4.94. The normalized spacial score (nSPS) is 22.6. The average molecular weight is 263 g/mol. The second kappa shape index (κ2) is 8.06. The molecule has 17 heavy (non-hydrogen) atoms. The van der Waals surface area contributed by atoms with Crippen molar-refractivity contribution in [2.45, 2.75) is 75.9 Å². The molecule has 1 fully saturated rings. The van der Waals surface area contributed by atoms with Crippen molar-refractivity contribution in [3.8, 4) is 0 Å². The van der Waals surface area contributed by atoms with E-state index in [4.69, 9.17) is 0 Å². The third-order valence-corrected chi connectivity index (χ3v) is 5.03. The van der Waals surface area contributed by atoms with Crippen LogP contribution in [0.2, 0.25) is 0 Å². The molecule has 0 saturated heterocycles. The van der Waals surface area contributed by atoms with Crippen LogP contribution in [0.15, 0.2) is 0 Å². The Hall–Kier alpha value is -0.130. The van der Waals surface area contributed by atoms with E-state index in [1.165, 1.54) is 32.1 Å². The van der Waals surface area contributed by atoms with Gasteiger partial charge in [0, 0.05) is 0 Å². The Morgan fingerprint density at radius 2 is 1.12 bits per heavy atom. The standard InChI is InChI=1S/C12H24O4S/c13-16-17(14,15)12-10-8-6-4-2-1-3-5-7-9-11-12/h12-13H,1-11H2/p-1. The van der Waals surface area contributed by atoms with E-state index in [2.05, 4.69) is 4.33 Å². The van der Waals surface area contributed by atoms with Crippen molar-refractivity contribution >= 4 is 10.1 Å². The molecule has 0 unspecified atom stereocenters. The molecule has 0 aromatic rings. The van der Waals surface area contributed by atoms with E-state index >= 15 is 0 Å². The lowest BCUT2D eigenvalue weighted by Gasteiger charge is -2.19. The molecule has 1 rings (SSSR count). The number of hydrogen-bond acceptors (Lipinski definition) is 4. The Balaban J connectivity index is 2.48. The molecule has 0 aromatic heterocycles. The predicted molar refractivity (Wildman–Crippen MR) is 64.6 cm³/mol. The van der Waals surface area contributed by atoms with Gasteiger partial charge in [-0.15, -0.1) is 0 Å². The van der Waals surface area contributed by atoms with Crippen molar-refractivity contribution in [2.24, 2.45) is 0 Å². The van der Waals surface area contributed by atoms with Crippen molar-refractivity contribution < 1.29 is 18.0 Å². The van der Waals surface area contributed by atoms with Gasteiger partial charge < -0.3 is 9.59 Å². The molecule has 0 radical (unpaired) electrons. The molecule has 1 aliphatic carbocycles. The molecule has 0 bridgehead atoms. The largest absolute Gasteiger partial charge is 0.707 e. The summed E-state index contributed by atoms with van der Waals surface area (Å²) in [6.07, 6.45) is 11.2. The highest BCUT2D eigenvalue weighted by atomic mass is 32.2. The molecule has 5 heteroatoms. The van der Waals surface area contributed by atoms with Crippen molar-refractivity contribution in [3.05, 3.63) is 0 Å². The van der Waals surface area contributed by atoms with Gasteiger partial charge in [0.1, 0.15) is 0 Å². The van der Waals surface area contributed by atoms with Crippen LogP contribution in [0.3, 0.4) is 0 Å². The summed E-state index contributed by atoms with van der Waals surface area (Å²) in [4.78, 5) is 0. The topological polar surface area (TPSA) is 66.4 Å². The number of rotatable bonds is 2. The fraction of sp³-hybridized carbons (Fsp3) is 1.00. The van der Waals surface area contributed by atoms with Gasteiger partial charge in [-0.2, -0.15) is 8.42 Å². The van der Waals surface area contributed by atoms with Crippen LogP contribution in [0.5, 0.6) is 0 Å². The van der Waals surface area contributed by atoms with Crippen LogP contribution in [0.4, 0.5) is 0 Å². The Morgan fingerprint density at radius 3 is 1.47 bits per heavy atom. The van der Waals surface area contributed by atoms with Gasteiger partial charge in [-0.25, -0.2) is 0 Å². The first-order chi connectivity index (χ1) is 8.17. The molecule has 0 atom stereocenters. The number of hydrogen-bond donors (Lipinski definition) is 0. The summed E-state index contributed by atoms with van der Waals surface area (Å²) >= 11 is 0. The Labute approximate surface area is 104 Å². The zero-order chi connectivity index (χ0) is 12.6. The minimum absolute atomic E-state index is 0.574. The Morgan fingerprint density at radius 1 is 0.765 bits per heavy atom. The monoisotopic (exact) mass is 263 g/mol. The minimum atomic E-state index is -3.87. The van der Waals surface area contributed by atoms with E-state index in [1.807, 2.05) is 0 Å². The highest BCUT2D eigenvalue weighted by Crippen LogP contribution is 2.21. The first-order valence-corrected chi connectivity index (χ1v) is 8.19. The molecule has 0 amide bonds. The minimum Gasteiger partial charge on any atom is -0.707 e. The van der Waals surface area contributed by atoms with Crippen LogP contribution >= 0.6 is 0 Å². The van der Waals surface area contributed by atoms with Gasteiger partial charge in [0.25, 0.3) is 10.1 Å². The summed E-state index contributed by atoms with van der Waals surface area (Å²) in [5.74, 6) is 0. The molecule has 0 aromatic carbocycles. The molecule has 0 heterocycles. The molecular weight excluding hydrogens is 240 g/mol. The van der Waals surface area contributed by atoms with Gasteiger partial charge in [-0.05, 0) is 12.8 Å². The first kappa shape index (κ1) is 14.9. The van der Waals surface area contributed by atoms with Gasteiger partial charge in [-0.1, -0.05) is 57.8 Å². The Kier molecular flexibility index (Phi) is 7.08. The molecule has 0 spiro atoms. The smallest absolute Gasteiger partial charge is 0.261 e. The van der Waals surface area contributed by atoms with E-state index in [0.29, 0.717) is 12.8 Å². The fourth-order valence-electron chi connectivity index (χ4n) is 2.47. The van der Waals surface area contributed by atoms with Crippen LogP contribution < -0.4 is 5.26 Å². The van der Waals surface area contributed by atoms with Gasteiger partial charge in [0.05, 0.1) is 5.25 Å². The van der Waals surface area contributed by atoms with Crippen molar-refractivity contribution in [2.75, 3.05) is 0 Å². The zero-order valence-electron chi connectivity index (χ0n) is 10.4. The summed E-state index contributed by atoms with van der Waals surface area (Å²) < 4.78 is 26.3. The van der Waals surface area contributed by atoms with Crippen LogP contribution in [0.1, 0.15) is 70.6 Å². The van der Waals surface area contributed by atoms with Crippen LogP contribution in [-0.4, -0.2) is 13.7 Å². The molecule has 4 nitrogen and oxygen atoms in total. The van der Waals surface area contributed by atoms with E-state index in [0.717, 1.165) is 25.7 Å². The average Bonchev–Trinajstić information content (AvgIpc) is 2.29. The van der Waals surface area contributed by atoms with E-state index in [1.54, 1.807) is 0 Å². The lowest BCUT2D eigenvalue weighted by molar-refractivity contribution is -0.635. The maximum absolute atomic E-state index is 11.4. The molecule has 0 aliphatic heterocycles. The molecule has 1 saturated carbocycles. The van der Waals surface area contributed by atoms with E-state index in [9.17, 15) is 13.7 Å².